The maximum Gasteiger partial charge on any atom is 0.0702 e. The first-order valence-electron chi connectivity index (χ1n) is 7.04. The van der Waals surface area contributed by atoms with Crippen LogP contribution < -0.4 is 5.73 Å². The fraction of sp³-hybridized carbons (Fsp3) is 1.00. The van der Waals surface area contributed by atoms with E-state index >= 15 is 0 Å². The van der Waals surface area contributed by atoms with Crippen molar-refractivity contribution in [3.63, 3.8) is 0 Å². The first kappa shape index (κ1) is 14.9. The van der Waals surface area contributed by atoms with Crippen LogP contribution in [-0.4, -0.2) is 44.3 Å². The van der Waals surface area contributed by atoms with E-state index in [0.29, 0.717) is 11.5 Å². The smallest absolute Gasteiger partial charge is 0.0702 e. The molecule has 0 aromatic heterocycles. The number of rotatable bonds is 8. The van der Waals surface area contributed by atoms with E-state index in [0.717, 1.165) is 26.1 Å². The quantitative estimate of drug-likeness (QED) is 0.709. The molecule has 1 rings (SSSR count). The Balaban J connectivity index is 2.08. The third-order valence-electron chi connectivity index (χ3n) is 3.75. The minimum absolute atomic E-state index is 0.402. The van der Waals surface area contributed by atoms with Gasteiger partial charge < -0.3 is 15.4 Å². The summed E-state index contributed by atoms with van der Waals surface area (Å²) in [5, 5.41) is 0. The van der Waals surface area contributed by atoms with Crippen molar-refractivity contribution in [3.05, 3.63) is 0 Å². The van der Waals surface area contributed by atoms with Crippen molar-refractivity contribution in [2.75, 3.05) is 33.3 Å². The lowest BCUT2D eigenvalue weighted by Crippen LogP contribution is -2.30. The Morgan fingerprint density at radius 3 is 2.71 bits per heavy atom. The standard InChI is InChI=1S/C14H30N2O/c1-14(2,8-9-15)7-5-10-16(3)12-13-6-4-11-17-13/h13H,4-12,15H2,1-3H3. The van der Waals surface area contributed by atoms with Gasteiger partial charge in [-0.2, -0.15) is 0 Å². The van der Waals surface area contributed by atoms with Crippen LogP contribution in [0.4, 0.5) is 0 Å². The van der Waals surface area contributed by atoms with Gasteiger partial charge in [-0.1, -0.05) is 13.8 Å². The number of nitrogens with two attached hydrogens (primary N) is 1. The van der Waals surface area contributed by atoms with Crippen molar-refractivity contribution in [2.24, 2.45) is 11.1 Å². The summed E-state index contributed by atoms with van der Waals surface area (Å²) in [5.74, 6) is 0. The van der Waals surface area contributed by atoms with E-state index in [1.165, 1.54) is 32.2 Å². The predicted molar refractivity (Wildman–Crippen MR) is 73.2 cm³/mol. The lowest BCUT2D eigenvalue weighted by molar-refractivity contribution is 0.0798. The van der Waals surface area contributed by atoms with Gasteiger partial charge in [-0.15, -0.1) is 0 Å². The Labute approximate surface area is 107 Å². The molecule has 1 atom stereocenters. The summed E-state index contributed by atoms with van der Waals surface area (Å²) in [6, 6.07) is 0. The van der Waals surface area contributed by atoms with E-state index in [-0.39, 0.29) is 0 Å². The summed E-state index contributed by atoms with van der Waals surface area (Å²) in [5.41, 5.74) is 6.03. The molecule has 3 nitrogen and oxygen atoms in total. The van der Waals surface area contributed by atoms with Crippen molar-refractivity contribution in [3.8, 4) is 0 Å². The predicted octanol–water partition coefficient (Wildman–Crippen LogP) is 2.25. The SMILES string of the molecule is CN(CCCC(C)(C)CCN)CC1CCCO1. The second kappa shape index (κ2) is 7.34. The molecule has 1 aliphatic heterocycles. The Morgan fingerprint density at radius 1 is 1.35 bits per heavy atom. The highest BCUT2D eigenvalue weighted by molar-refractivity contribution is 4.72. The average Bonchev–Trinajstić information content (AvgIpc) is 2.69. The number of nitrogens with zero attached hydrogens (tertiary/aromatic N) is 1. The van der Waals surface area contributed by atoms with Crippen molar-refractivity contribution < 1.29 is 4.74 Å². The molecule has 1 unspecified atom stereocenters. The lowest BCUT2D eigenvalue weighted by atomic mass is 9.84. The van der Waals surface area contributed by atoms with E-state index in [4.69, 9.17) is 10.5 Å². The zero-order valence-corrected chi connectivity index (χ0v) is 11.9. The zero-order valence-electron chi connectivity index (χ0n) is 11.9. The molecule has 0 spiro atoms. The Morgan fingerprint density at radius 2 is 2.12 bits per heavy atom. The maximum absolute atomic E-state index is 5.65. The summed E-state index contributed by atoms with van der Waals surface area (Å²) in [6.45, 7) is 8.67. The van der Waals surface area contributed by atoms with Crippen LogP contribution in [-0.2, 0) is 4.74 Å². The summed E-state index contributed by atoms with van der Waals surface area (Å²) in [4.78, 5) is 2.41. The van der Waals surface area contributed by atoms with Crippen molar-refractivity contribution in [2.45, 2.75) is 52.1 Å². The maximum atomic E-state index is 5.65. The summed E-state index contributed by atoms with van der Waals surface area (Å²) >= 11 is 0. The van der Waals surface area contributed by atoms with E-state index in [9.17, 15) is 0 Å². The van der Waals surface area contributed by atoms with Gasteiger partial charge in [0.25, 0.3) is 0 Å². The van der Waals surface area contributed by atoms with Crippen LogP contribution >= 0.6 is 0 Å². The highest BCUT2D eigenvalue weighted by Gasteiger charge is 2.19. The van der Waals surface area contributed by atoms with Gasteiger partial charge in [-0.05, 0) is 57.7 Å². The zero-order chi connectivity index (χ0) is 12.7. The molecule has 102 valence electrons. The third kappa shape index (κ3) is 6.39. The van der Waals surface area contributed by atoms with Crippen LogP contribution in [0, 0.1) is 5.41 Å². The van der Waals surface area contributed by atoms with Crippen LogP contribution in [0.1, 0.15) is 46.0 Å². The fourth-order valence-corrected chi connectivity index (χ4v) is 2.57. The minimum Gasteiger partial charge on any atom is -0.377 e. The summed E-state index contributed by atoms with van der Waals surface area (Å²) in [6.07, 6.45) is 6.61. The molecule has 1 aliphatic rings. The van der Waals surface area contributed by atoms with E-state index in [1.54, 1.807) is 0 Å². The minimum atomic E-state index is 0.402. The van der Waals surface area contributed by atoms with Gasteiger partial charge in [-0.3, -0.25) is 0 Å². The third-order valence-corrected chi connectivity index (χ3v) is 3.75. The van der Waals surface area contributed by atoms with E-state index in [1.807, 2.05) is 0 Å². The molecule has 0 aliphatic carbocycles. The average molecular weight is 242 g/mol. The monoisotopic (exact) mass is 242 g/mol. The van der Waals surface area contributed by atoms with Crippen LogP contribution in [0.15, 0.2) is 0 Å². The number of hydrogen-bond donors (Lipinski definition) is 1. The molecule has 0 aromatic carbocycles. The van der Waals surface area contributed by atoms with Gasteiger partial charge in [0, 0.05) is 13.2 Å². The van der Waals surface area contributed by atoms with E-state index in [2.05, 4.69) is 25.8 Å². The Hall–Kier alpha value is -0.120. The molecule has 0 amide bonds. The lowest BCUT2D eigenvalue weighted by Gasteiger charge is -2.26. The second-order valence-corrected chi connectivity index (χ2v) is 6.20. The topological polar surface area (TPSA) is 38.5 Å². The number of hydrogen-bond acceptors (Lipinski definition) is 3. The van der Waals surface area contributed by atoms with Crippen LogP contribution in [0.3, 0.4) is 0 Å². The first-order valence-corrected chi connectivity index (χ1v) is 7.04. The highest BCUT2D eigenvalue weighted by atomic mass is 16.5. The number of likely N-dealkylation sites (N-methyl/N-ethyl adjacent to an activating group) is 1. The van der Waals surface area contributed by atoms with E-state index < -0.39 is 0 Å². The largest absolute Gasteiger partial charge is 0.377 e. The molecule has 2 N–H and O–H groups in total. The molecular formula is C14H30N2O. The molecule has 0 aromatic rings. The van der Waals surface area contributed by atoms with Gasteiger partial charge in [-0.25, -0.2) is 0 Å². The van der Waals surface area contributed by atoms with Crippen molar-refractivity contribution in [1.29, 1.82) is 0 Å². The molecular weight excluding hydrogens is 212 g/mol. The van der Waals surface area contributed by atoms with Gasteiger partial charge in [0.2, 0.25) is 0 Å². The molecule has 17 heavy (non-hydrogen) atoms. The normalized spacial score (nSPS) is 21.4. The van der Waals surface area contributed by atoms with Crippen molar-refractivity contribution in [1.82, 2.24) is 4.90 Å². The van der Waals surface area contributed by atoms with Crippen LogP contribution in [0.2, 0.25) is 0 Å². The first-order chi connectivity index (χ1) is 8.03. The fourth-order valence-electron chi connectivity index (χ4n) is 2.57. The van der Waals surface area contributed by atoms with Gasteiger partial charge in [0.15, 0.2) is 0 Å². The molecule has 1 heterocycles. The van der Waals surface area contributed by atoms with Crippen LogP contribution in [0.25, 0.3) is 0 Å². The van der Waals surface area contributed by atoms with Crippen LogP contribution in [0.5, 0.6) is 0 Å². The van der Waals surface area contributed by atoms with Crippen molar-refractivity contribution >= 4 is 0 Å². The molecule has 0 saturated carbocycles. The molecule has 0 bridgehead atoms. The van der Waals surface area contributed by atoms with Gasteiger partial charge in [0.05, 0.1) is 6.10 Å². The highest BCUT2D eigenvalue weighted by Crippen LogP contribution is 2.25. The molecule has 1 saturated heterocycles. The molecule has 3 heteroatoms. The summed E-state index contributed by atoms with van der Waals surface area (Å²) in [7, 11) is 2.21. The molecule has 0 radical (unpaired) electrons. The van der Waals surface area contributed by atoms with Gasteiger partial charge >= 0.3 is 0 Å². The Kier molecular flexibility index (Phi) is 6.45. The second-order valence-electron chi connectivity index (χ2n) is 6.20. The van der Waals surface area contributed by atoms with Gasteiger partial charge in [0.1, 0.15) is 0 Å². The Bertz CT molecular complexity index is 200. The summed E-state index contributed by atoms with van der Waals surface area (Å²) < 4.78 is 5.65. The molecule has 1 fully saturated rings. The number of ether oxygens (including phenoxy) is 1.